The Bertz CT molecular complexity index is 424. The van der Waals surface area contributed by atoms with E-state index in [-0.39, 0.29) is 18.1 Å². The normalized spacial score (nSPS) is 20.7. The maximum atomic E-state index is 12.0. The molecule has 1 fully saturated rings. The van der Waals surface area contributed by atoms with Gasteiger partial charge in [-0.3, -0.25) is 4.79 Å². The topological polar surface area (TPSA) is 38.3 Å². The lowest BCUT2D eigenvalue weighted by Crippen LogP contribution is -2.40. The van der Waals surface area contributed by atoms with Crippen LogP contribution in [0.1, 0.15) is 30.1 Å². The first kappa shape index (κ1) is 13.7. The van der Waals surface area contributed by atoms with E-state index in [1.54, 1.807) is 18.2 Å². The molecule has 1 saturated heterocycles. The number of amides is 1. The summed E-state index contributed by atoms with van der Waals surface area (Å²) in [6, 6.07) is 4.79. The number of carbonyl (C=O) groups excluding carboxylic acids is 1. The zero-order valence-electron chi connectivity index (χ0n) is 10.1. The largest absolute Gasteiger partial charge is 0.376 e. The van der Waals surface area contributed by atoms with Gasteiger partial charge in [0, 0.05) is 22.2 Å². The number of ether oxygens (including phenoxy) is 1. The van der Waals surface area contributed by atoms with Crippen LogP contribution in [0.2, 0.25) is 10.0 Å². The van der Waals surface area contributed by atoms with Crippen molar-refractivity contribution in [1.82, 2.24) is 5.32 Å². The van der Waals surface area contributed by atoms with Crippen molar-refractivity contribution in [3.8, 4) is 0 Å². The van der Waals surface area contributed by atoms with E-state index < -0.39 is 0 Å². The van der Waals surface area contributed by atoms with E-state index in [1.165, 1.54) is 0 Å². The molecule has 18 heavy (non-hydrogen) atoms. The van der Waals surface area contributed by atoms with Crippen LogP contribution in [0, 0.1) is 0 Å². The van der Waals surface area contributed by atoms with Gasteiger partial charge in [0.2, 0.25) is 0 Å². The molecule has 5 heteroatoms. The van der Waals surface area contributed by atoms with Crippen molar-refractivity contribution >= 4 is 29.1 Å². The molecule has 3 nitrogen and oxygen atoms in total. The molecular formula is C13H15Cl2NO2. The van der Waals surface area contributed by atoms with Crippen LogP contribution in [0.25, 0.3) is 0 Å². The second-order valence-electron chi connectivity index (χ2n) is 4.47. The third-order valence-electron chi connectivity index (χ3n) is 3.01. The van der Waals surface area contributed by atoms with E-state index >= 15 is 0 Å². The minimum atomic E-state index is -0.178. The van der Waals surface area contributed by atoms with Crippen LogP contribution in [0.3, 0.4) is 0 Å². The molecule has 1 aromatic rings. The molecule has 0 aromatic heterocycles. The minimum Gasteiger partial charge on any atom is -0.376 e. The maximum absolute atomic E-state index is 12.0. The lowest BCUT2D eigenvalue weighted by Gasteiger charge is -2.20. The monoisotopic (exact) mass is 287 g/mol. The molecule has 1 aromatic carbocycles. The van der Waals surface area contributed by atoms with E-state index in [0.29, 0.717) is 15.6 Å². The molecule has 2 unspecified atom stereocenters. The van der Waals surface area contributed by atoms with Crippen molar-refractivity contribution in [3.05, 3.63) is 33.8 Å². The lowest BCUT2D eigenvalue weighted by molar-refractivity contribution is 0.0712. The van der Waals surface area contributed by atoms with Crippen LogP contribution in [-0.4, -0.2) is 24.7 Å². The van der Waals surface area contributed by atoms with Crippen LogP contribution in [0.4, 0.5) is 0 Å². The molecule has 1 heterocycles. The summed E-state index contributed by atoms with van der Waals surface area (Å²) in [5.74, 6) is -0.178. The molecule has 1 aliphatic heterocycles. The van der Waals surface area contributed by atoms with Crippen LogP contribution < -0.4 is 5.32 Å². The SMILES string of the molecule is CC(NC(=O)c1cc(Cl)cc(Cl)c1)C1CCCO1. The summed E-state index contributed by atoms with van der Waals surface area (Å²) in [7, 11) is 0. The second-order valence-corrected chi connectivity index (χ2v) is 5.34. The predicted octanol–water partition coefficient (Wildman–Crippen LogP) is 3.29. The Labute approximate surface area is 116 Å². The highest BCUT2D eigenvalue weighted by Gasteiger charge is 2.24. The van der Waals surface area contributed by atoms with E-state index in [4.69, 9.17) is 27.9 Å². The van der Waals surface area contributed by atoms with Gasteiger partial charge in [-0.2, -0.15) is 0 Å². The Morgan fingerprint density at radius 3 is 2.61 bits per heavy atom. The quantitative estimate of drug-likeness (QED) is 0.926. The summed E-state index contributed by atoms with van der Waals surface area (Å²) in [6.45, 7) is 2.72. The Hall–Kier alpha value is -0.770. The first-order valence-electron chi connectivity index (χ1n) is 5.95. The van der Waals surface area contributed by atoms with Gasteiger partial charge in [-0.25, -0.2) is 0 Å². The van der Waals surface area contributed by atoms with Crippen molar-refractivity contribution < 1.29 is 9.53 Å². The molecule has 0 radical (unpaired) electrons. The Morgan fingerprint density at radius 2 is 2.06 bits per heavy atom. The van der Waals surface area contributed by atoms with Crippen LogP contribution in [0.15, 0.2) is 18.2 Å². The lowest BCUT2D eigenvalue weighted by atomic mass is 10.1. The second kappa shape index (κ2) is 5.91. The molecule has 0 spiro atoms. The highest BCUT2D eigenvalue weighted by Crippen LogP contribution is 2.20. The summed E-state index contributed by atoms with van der Waals surface area (Å²) in [6.07, 6.45) is 2.13. The third-order valence-corrected chi connectivity index (χ3v) is 3.44. The fraction of sp³-hybridized carbons (Fsp3) is 0.462. The highest BCUT2D eigenvalue weighted by atomic mass is 35.5. The first-order chi connectivity index (χ1) is 8.56. The van der Waals surface area contributed by atoms with Gasteiger partial charge in [-0.1, -0.05) is 23.2 Å². The number of halogens is 2. The zero-order valence-corrected chi connectivity index (χ0v) is 11.6. The van der Waals surface area contributed by atoms with Crippen molar-refractivity contribution in [2.45, 2.75) is 31.9 Å². The summed E-state index contributed by atoms with van der Waals surface area (Å²) >= 11 is 11.7. The Kier molecular flexibility index (Phi) is 4.49. The van der Waals surface area contributed by atoms with Gasteiger partial charge in [-0.15, -0.1) is 0 Å². The fourth-order valence-corrected chi connectivity index (χ4v) is 2.59. The molecule has 1 N–H and O–H groups in total. The number of rotatable bonds is 3. The molecule has 2 atom stereocenters. The number of hydrogen-bond acceptors (Lipinski definition) is 2. The molecule has 98 valence electrons. The number of hydrogen-bond donors (Lipinski definition) is 1. The van der Waals surface area contributed by atoms with E-state index in [1.807, 2.05) is 6.92 Å². The molecule has 2 rings (SSSR count). The van der Waals surface area contributed by atoms with Gasteiger partial charge in [0.1, 0.15) is 0 Å². The highest BCUT2D eigenvalue weighted by molar-refractivity contribution is 6.35. The standard InChI is InChI=1S/C13H15Cl2NO2/c1-8(12-3-2-4-18-12)16-13(17)9-5-10(14)7-11(15)6-9/h5-8,12H,2-4H2,1H3,(H,16,17). The first-order valence-corrected chi connectivity index (χ1v) is 6.70. The van der Waals surface area contributed by atoms with Gasteiger partial charge in [0.05, 0.1) is 12.1 Å². The Balaban J connectivity index is 2.02. The summed E-state index contributed by atoms with van der Waals surface area (Å²) in [5, 5.41) is 3.82. The van der Waals surface area contributed by atoms with Gasteiger partial charge in [0.15, 0.2) is 0 Å². The summed E-state index contributed by atoms with van der Waals surface area (Å²) < 4.78 is 5.53. The maximum Gasteiger partial charge on any atom is 0.251 e. The molecule has 1 amide bonds. The number of carbonyl (C=O) groups is 1. The van der Waals surface area contributed by atoms with Crippen molar-refractivity contribution in [2.75, 3.05) is 6.61 Å². The fourth-order valence-electron chi connectivity index (χ4n) is 2.06. The van der Waals surface area contributed by atoms with Gasteiger partial charge >= 0.3 is 0 Å². The van der Waals surface area contributed by atoms with E-state index in [2.05, 4.69) is 5.32 Å². The predicted molar refractivity (Wildman–Crippen MR) is 72.4 cm³/mol. The number of benzene rings is 1. The summed E-state index contributed by atoms with van der Waals surface area (Å²) in [5.41, 5.74) is 0.470. The molecular weight excluding hydrogens is 273 g/mol. The number of nitrogens with one attached hydrogen (secondary N) is 1. The van der Waals surface area contributed by atoms with E-state index in [0.717, 1.165) is 19.4 Å². The van der Waals surface area contributed by atoms with Crippen molar-refractivity contribution in [3.63, 3.8) is 0 Å². The molecule has 0 saturated carbocycles. The minimum absolute atomic E-state index is 0.0160. The molecule has 0 bridgehead atoms. The van der Waals surface area contributed by atoms with Gasteiger partial charge < -0.3 is 10.1 Å². The molecule has 1 aliphatic rings. The molecule has 0 aliphatic carbocycles. The Morgan fingerprint density at radius 1 is 1.39 bits per heavy atom. The third kappa shape index (κ3) is 3.37. The average molecular weight is 288 g/mol. The van der Waals surface area contributed by atoms with E-state index in [9.17, 15) is 4.79 Å². The summed E-state index contributed by atoms with van der Waals surface area (Å²) in [4.78, 5) is 12.0. The average Bonchev–Trinajstić information content (AvgIpc) is 2.80. The van der Waals surface area contributed by atoms with Crippen molar-refractivity contribution in [1.29, 1.82) is 0 Å². The van der Waals surface area contributed by atoms with Gasteiger partial charge in [-0.05, 0) is 38.0 Å². The zero-order chi connectivity index (χ0) is 13.1. The van der Waals surface area contributed by atoms with Gasteiger partial charge in [0.25, 0.3) is 5.91 Å². The van der Waals surface area contributed by atoms with Crippen LogP contribution in [-0.2, 0) is 4.74 Å². The van der Waals surface area contributed by atoms with Crippen LogP contribution in [0.5, 0.6) is 0 Å². The van der Waals surface area contributed by atoms with Crippen molar-refractivity contribution in [2.24, 2.45) is 0 Å². The smallest absolute Gasteiger partial charge is 0.251 e. The van der Waals surface area contributed by atoms with Crippen LogP contribution >= 0.6 is 23.2 Å².